The number of alkyl halides is 6. The maximum Gasteiger partial charge on any atom is 0.416 e. The molecule has 0 bridgehead atoms. The normalized spacial score (nSPS) is 15.0. The molecule has 51 heavy (non-hydrogen) atoms. The summed E-state index contributed by atoms with van der Waals surface area (Å²) in [5.41, 5.74) is 0.905. The predicted octanol–water partition coefficient (Wildman–Crippen LogP) is 8.71. The SMILES string of the molecule is CN(C(=O)c1ccncc1)c1cc(C(F)(F)F)ccc1N1CCCCC1.O=C(Nc1cc(C(F)(F)F)ccc1N1CCCCC1)c1ccncc1. The summed E-state index contributed by atoms with van der Waals surface area (Å²) in [7, 11) is 1.51. The molecule has 270 valence electrons. The molecule has 1 N–H and O–H groups in total. The molecule has 2 amide bonds. The molecule has 0 atom stereocenters. The summed E-state index contributed by atoms with van der Waals surface area (Å²) >= 11 is 0. The molecule has 0 saturated carbocycles. The Morgan fingerprint density at radius 3 is 1.59 bits per heavy atom. The highest BCUT2D eigenvalue weighted by Gasteiger charge is 2.33. The fourth-order valence-electron chi connectivity index (χ4n) is 6.09. The Hall–Kier alpha value is -5.14. The van der Waals surface area contributed by atoms with Crippen LogP contribution in [0.5, 0.6) is 0 Å². The lowest BCUT2D eigenvalue weighted by Crippen LogP contribution is -2.33. The monoisotopic (exact) mass is 712 g/mol. The third-order valence-electron chi connectivity index (χ3n) is 8.80. The lowest BCUT2D eigenvalue weighted by atomic mass is 10.1. The van der Waals surface area contributed by atoms with E-state index in [1.54, 1.807) is 12.1 Å². The Labute approximate surface area is 292 Å². The molecule has 6 rings (SSSR count). The van der Waals surface area contributed by atoms with Crippen molar-refractivity contribution in [3.05, 3.63) is 108 Å². The number of rotatable bonds is 6. The summed E-state index contributed by atoms with van der Waals surface area (Å²) in [6.07, 6.45) is 3.14. The van der Waals surface area contributed by atoms with E-state index in [9.17, 15) is 35.9 Å². The Morgan fingerprint density at radius 2 is 1.08 bits per heavy atom. The molecule has 2 aliphatic heterocycles. The van der Waals surface area contributed by atoms with Crippen LogP contribution in [0.4, 0.5) is 49.1 Å². The van der Waals surface area contributed by atoms with Crippen molar-refractivity contribution in [2.45, 2.75) is 50.9 Å². The van der Waals surface area contributed by atoms with Crippen molar-refractivity contribution < 1.29 is 35.9 Å². The number of nitrogens with one attached hydrogen (secondary N) is 1. The van der Waals surface area contributed by atoms with Crippen molar-refractivity contribution in [1.82, 2.24) is 9.97 Å². The number of aromatic nitrogens is 2. The van der Waals surface area contributed by atoms with E-state index in [2.05, 4.69) is 20.2 Å². The maximum atomic E-state index is 13.2. The zero-order chi connectivity index (χ0) is 36.6. The van der Waals surface area contributed by atoms with Crippen molar-refractivity contribution in [3.8, 4) is 0 Å². The van der Waals surface area contributed by atoms with E-state index >= 15 is 0 Å². The van der Waals surface area contributed by atoms with Gasteiger partial charge in [-0.3, -0.25) is 19.6 Å². The Bertz CT molecular complexity index is 1770. The van der Waals surface area contributed by atoms with Gasteiger partial charge in [-0.1, -0.05) is 0 Å². The molecule has 0 aliphatic carbocycles. The summed E-state index contributed by atoms with van der Waals surface area (Å²) in [6.45, 7) is 3.08. The van der Waals surface area contributed by atoms with Crippen LogP contribution in [0.25, 0.3) is 0 Å². The molecule has 8 nitrogen and oxygen atoms in total. The number of pyridine rings is 2. The van der Waals surface area contributed by atoms with Gasteiger partial charge in [0.05, 0.1) is 33.9 Å². The van der Waals surface area contributed by atoms with Crippen LogP contribution >= 0.6 is 0 Å². The van der Waals surface area contributed by atoms with Gasteiger partial charge in [0.2, 0.25) is 0 Å². The van der Waals surface area contributed by atoms with Crippen LogP contribution in [-0.4, -0.2) is 55.0 Å². The summed E-state index contributed by atoms with van der Waals surface area (Å²) in [5.74, 6) is -0.829. The van der Waals surface area contributed by atoms with E-state index in [1.807, 2.05) is 4.90 Å². The van der Waals surface area contributed by atoms with Crippen molar-refractivity contribution in [2.24, 2.45) is 0 Å². The van der Waals surface area contributed by atoms with E-state index in [4.69, 9.17) is 0 Å². The molecule has 2 aliphatic rings. The number of nitrogens with zero attached hydrogens (tertiary/aromatic N) is 5. The number of carbonyl (C=O) groups excluding carboxylic acids is 2. The number of hydrogen-bond donors (Lipinski definition) is 1. The van der Waals surface area contributed by atoms with Crippen molar-refractivity contribution >= 4 is 34.6 Å². The van der Waals surface area contributed by atoms with Crippen molar-refractivity contribution in [3.63, 3.8) is 0 Å². The number of benzene rings is 2. The largest absolute Gasteiger partial charge is 0.416 e. The second kappa shape index (κ2) is 16.3. The third kappa shape index (κ3) is 9.56. The van der Waals surface area contributed by atoms with Gasteiger partial charge >= 0.3 is 12.4 Å². The smallest absolute Gasteiger partial charge is 0.370 e. The Balaban J connectivity index is 0.000000198. The van der Waals surface area contributed by atoms with E-state index in [0.29, 0.717) is 22.5 Å². The molecule has 0 radical (unpaired) electrons. The van der Waals surface area contributed by atoms with Crippen molar-refractivity contribution in [2.75, 3.05) is 53.2 Å². The standard InChI is InChI=1S/C19H20F3N3O.C18H18F3N3O/c1-24(18(26)14-7-9-23-10-8-14)17-13-15(19(20,21)22)5-6-16(17)25-11-3-2-4-12-25;19-18(20,21)14-4-5-16(24-10-2-1-3-11-24)15(12-14)23-17(25)13-6-8-22-9-7-13/h5-10,13H,2-4,11-12H2,1H3;4-9,12H,1-3,10-11H2,(H,23,25). The van der Waals surface area contributed by atoms with Gasteiger partial charge in [-0.2, -0.15) is 26.3 Å². The van der Waals surface area contributed by atoms with Crippen LogP contribution in [0.15, 0.2) is 85.5 Å². The summed E-state index contributed by atoms with van der Waals surface area (Å²) in [4.78, 5) is 38.2. The lowest BCUT2D eigenvalue weighted by molar-refractivity contribution is -0.138. The van der Waals surface area contributed by atoms with Gasteiger partial charge in [0.25, 0.3) is 11.8 Å². The predicted molar refractivity (Wildman–Crippen MR) is 184 cm³/mol. The maximum absolute atomic E-state index is 13.2. The molecule has 4 aromatic rings. The first kappa shape index (κ1) is 37.1. The minimum Gasteiger partial charge on any atom is -0.370 e. The summed E-state index contributed by atoms with van der Waals surface area (Å²) in [5, 5.41) is 2.63. The van der Waals surface area contributed by atoms with Gasteiger partial charge in [-0.15, -0.1) is 0 Å². The van der Waals surface area contributed by atoms with Gasteiger partial charge in [-0.05, 0) is 99.2 Å². The molecular weight excluding hydrogens is 674 g/mol. The van der Waals surface area contributed by atoms with Crippen LogP contribution < -0.4 is 20.0 Å². The van der Waals surface area contributed by atoms with E-state index in [-0.39, 0.29) is 17.3 Å². The average molecular weight is 713 g/mol. The van der Waals surface area contributed by atoms with Crippen LogP contribution in [0, 0.1) is 0 Å². The number of amides is 2. The van der Waals surface area contributed by atoms with Gasteiger partial charge in [0, 0.05) is 69.1 Å². The first-order valence-corrected chi connectivity index (χ1v) is 16.6. The first-order valence-electron chi connectivity index (χ1n) is 16.6. The Kier molecular flexibility index (Phi) is 11.8. The minimum atomic E-state index is -4.46. The second-order valence-electron chi connectivity index (χ2n) is 12.3. The van der Waals surface area contributed by atoms with Crippen molar-refractivity contribution in [1.29, 1.82) is 0 Å². The topological polar surface area (TPSA) is 81.7 Å². The highest BCUT2D eigenvalue weighted by atomic mass is 19.4. The average Bonchev–Trinajstić information content (AvgIpc) is 3.15. The molecule has 2 fully saturated rings. The molecule has 14 heteroatoms. The highest BCUT2D eigenvalue weighted by molar-refractivity contribution is 6.07. The zero-order valence-electron chi connectivity index (χ0n) is 28.0. The van der Waals surface area contributed by atoms with Crippen LogP contribution in [-0.2, 0) is 12.4 Å². The summed E-state index contributed by atoms with van der Waals surface area (Å²) < 4.78 is 78.8. The van der Waals surface area contributed by atoms with Gasteiger partial charge in [0.1, 0.15) is 0 Å². The fourth-order valence-corrected chi connectivity index (χ4v) is 6.09. The fraction of sp³-hybridized carbons (Fsp3) is 0.351. The molecular formula is C37H38F6N6O2. The first-order chi connectivity index (χ1) is 24.3. The zero-order valence-corrected chi connectivity index (χ0v) is 28.0. The van der Waals surface area contributed by atoms with Gasteiger partial charge in [0.15, 0.2) is 0 Å². The molecule has 0 spiro atoms. The lowest BCUT2D eigenvalue weighted by Gasteiger charge is -2.33. The molecule has 0 unspecified atom stereocenters. The van der Waals surface area contributed by atoms with Gasteiger partial charge < -0.3 is 20.0 Å². The Morgan fingerprint density at radius 1 is 0.627 bits per heavy atom. The number of hydrogen-bond acceptors (Lipinski definition) is 6. The highest BCUT2D eigenvalue weighted by Crippen LogP contribution is 2.39. The summed E-state index contributed by atoms with van der Waals surface area (Å²) in [6, 6.07) is 13.2. The molecule has 2 aromatic heterocycles. The van der Waals surface area contributed by atoms with E-state index in [0.717, 1.165) is 89.0 Å². The van der Waals surface area contributed by atoms with Crippen LogP contribution in [0.3, 0.4) is 0 Å². The van der Waals surface area contributed by atoms with E-state index in [1.165, 1.54) is 61.0 Å². The number of carbonyl (C=O) groups is 2. The van der Waals surface area contributed by atoms with Crippen LogP contribution in [0.2, 0.25) is 0 Å². The molecule has 4 heterocycles. The van der Waals surface area contributed by atoms with Gasteiger partial charge in [-0.25, -0.2) is 0 Å². The molecule has 2 saturated heterocycles. The molecule has 2 aromatic carbocycles. The second-order valence-corrected chi connectivity index (χ2v) is 12.3. The number of anilines is 4. The van der Waals surface area contributed by atoms with Crippen LogP contribution in [0.1, 0.15) is 70.4 Å². The van der Waals surface area contributed by atoms with E-state index < -0.39 is 29.4 Å². The number of halogens is 6. The quantitative estimate of drug-likeness (QED) is 0.202. The third-order valence-corrected chi connectivity index (χ3v) is 8.80. The minimum absolute atomic E-state index is 0.179. The number of piperidine rings is 2.